The number of nitrogens with two attached hydrogens (primary N) is 1. The lowest BCUT2D eigenvalue weighted by atomic mass is 10.1. The Morgan fingerprint density at radius 1 is 0.929 bits per heavy atom. The van der Waals surface area contributed by atoms with E-state index in [1.54, 1.807) is 12.4 Å². The van der Waals surface area contributed by atoms with Crippen LogP contribution in [-0.2, 0) is 19.6 Å². The van der Waals surface area contributed by atoms with E-state index in [-0.39, 0.29) is 12.7 Å². The van der Waals surface area contributed by atoms with E-state index in [0.717, 1.165) is 33.9 Å². The van der Waals surface area contributed by atoms with E-state index in [9.17, 15) is 0 Å². The Labute approximate surface area is 166 Å². The van der Waals surface area contributed by atoms with Crippen LogP contribution in [-0.4, -0.2) is 21.7 Å². The summed E-state index contributed by atoms with van der Waals surface area (Å²) < 4.78 is 17.3. The average molecular weight is 397 g/mol. The van der Waals surface area contributed by atoms with Gasteiger partial charge in [-0.2, -0.15) is 0 Å². The average Bonchev–Trinajstić information content (AvgIpc) is 3.11. The minimum Gasteiger partial charge on any atom is -0.457 e. The quantitative estimate of drug-likeness (QED) is 0.706. The molecule has 28 heavy (non-hydrogen) atoms. The van der Waals surface area contributed by atoms with Crippen LogP contribution in [0.15, 0.2) is 42.7 Å². The second kappa shape index (κ2) is 6.85. The third-order valence-electron chi connectivity index (χ3n) is 4.72. The summed E-state index contributed by atoms with van der Waals surface area (Å²) in [5.74, 6) is 3.19. The number of nitrogen functional groups attached to an aromatic ring is 1. The first-order valence-electron chi connectivity index (χ1n) is 8.81. The van der Waals surface area contributed by atoms with Gasteiger partial charge >= 0.3 is 0 Å². The highest BCUT2D eigenvalue weighted by molar-refractivity contribution is 6.30. The third-order valence-corrected chi connectivity index (χ3v) is 4.95. The number of nitrogens with zero attached hydrogens (tertiary/aromatic N) is 3. The second-order valence-electron chi connectivity index (χ2n) is 6.76. The van der Waals surface area contributed by atoms with Crippen LogP contribution in [0, 0.1) is 0 Å². The lowest BCUT2D eigenvalue weighted by molar-refractivity contribution is 0.174. The van der Waals surface area contributed by atoms with E-state index >= 15 is 0 Å². The van der Waals surface area contributed by atoms with Crippen LogP contribution in [0.4, 0.5) is 5.95 Å². The molecule has 0 bridgehead atoms. The molecular weight excluding hydrogens is 380 g/mol. The number of hydrogen-bond donors (Lipinski definition) is 1. The van der Waals surface area contributed by atoms with Gasteiger partial charge in [-0.3, -0.25) is 4.90 Å². The maximum Gasteiger partial charge on any atom is 0.231 e. The maximum absolute atomic E-state index is 6.23. The van der Waals surface area contributed by atoms with Gasteiger partial charge in [0.25, 0.3) is 0 Å². The number of anilines is 1. The molecule has 5 rings (SSSR count). The van der Waals surface area contributed by atoms with Crippen LogP contribution in [0.3, 0.4) is 0 Å². The lowest BCUT2D eigenvalue weighted by Crippen LogP contribution is -2.24. The van der Waals surface area contributed by atoms with Crippen molar-refractivity contribution in [3.63, 3.8) is 0 Å². The number of hydrogen-bond acceptors (Lipinski definition) is 7. The molecule has 0 unspecified atom stereocenters. The Hall–Kier alpha value is -3.03. The molecule has 2 aliphatic heterocycles. The molecular formula is C20H17ClN4O3. The predicted octanol–water partition coefficient (Wildman–Crippen LogP) is 3.75. The molecule has 0 radical (unpaired) electrons. The summed E-state index contributed by atoms with van der Waals surface area (Å²) in [4.78, 5) is 10.5. The van der Waals surface area contributed by atoms with Crippen molar-refractivity contribution in [2.24, 2.45) is 0 Å². The van der Waals surface area contributed by atoms with Gasteiger partial charge in [0.05, 0.1) is 0 Å². The number of benzene rings is 2. The summed E-state index contributed by atoms with van der Waals surface area (Å²) in [6.45, 7) is 2.19. The third kappa shape index (κ3) is 3.30. The van der Waals surface area contributed by atoms with Crippen LogP contribution in [0.25, 0.3) is 0 Å². The SMILES string of the molecule is Nc1ncc(CN2Cc3cc(Cl)ccc3Oc3cc4c(cc3C2)OCO4)cn1. The van der Waals surface area contributed by atoms with Gasteiger partial charge in [0, 0.05) is 59.8 Å². The van der Waals surface area contributed by atoms with Crippen molar-refractivity contribution in [2.75, 3.05) is 12.5 Å². The molecule has 0 aliphatic carbocycles. The van der Waals surface area contributed by atoms with Gasteiger partial charge in [0.1, 0.15) is 11.5 Å². The van der Waals surface area contributed by atoms with Crippen molar-refractivity contribution < 1.29 is 14.2 Å². The van der Waals surface area contributed by atoms with E-state index in [1.165, 1.54) is 0 Å². The molecule has 0 spiro atoms. The fourth-order valence-corrected chi connectivity index (χ4v) is 3.62. The zero-order chi connectivity index (χ0) is 19.1. The first-order chi connectivity index (χ1) is 13.6. The van der Waals surface area contributed by atoms with Crippen molar-refractivity contribution in [3.05, 3.63) is 64.4 Å². The molecule has 0 saturated carbocycles. The van der Waals surface area contributed by atoms with E-state index in [0.29, 0.717) is 30.4 Å². The Bertz CT molecular complexity index is 1040. The molecule has 142 valence electrons. The van der Waals surface area contributed by atoms with E-state index in [4.69, 9.17) is 31.5 Å². The van der Waals surface area contributed by atoms with Gasteiger partial charge in [-0.25, -0.2) is 9.97 Å². The summed E-state index contributed by atoms with van der Waals surface area (Å²) in [6.07, 6.45) is 3.49. The van der Waals surface area contributed by atoms with Crippen LogP contribution < -0.4 is 19.9 Å². The first kappa shape index (κ1) is 17.1. The largest absolute Gasteiger partial charge is 0.457 e. The number of rotatable bonds is 2. The van der Waals surface area contributed by atoms with Gasteiger partial charge in [0.15, 0.2) is 11.5 Å². The standard InChI is InChI=1S/C20H17ClN4O3/c21-15-1-2-16-13(3-15)9-25(8-12-6-23-20(22)24-7-12)10-14-4-18-19(27-11-26-18)5-17(14)28-16/h1-7H,8-11H2,(H2,22,23,24). The summed E-state index contributed by atoms with van der Waals surface area (Å²) in [7, 11) is 0. The highest BCUT2D eigenvalue weighted by atomic mass is 35.5. The molecule has 0 atom stereocenters. The smallest absolute Gasteiger partial charge is 0.231 e. The zero-order valence-corrected chi connectivity index (χ0v) is 15.6. The van der Waals surface area contributed by atoms with Crippen LogP contribution in [0.1, 0.15) is 16.7 Å². The molecule has 0 fully saturated rings. The summed E-state index contributed by atoms with van der Waals surface area (Å²) >= 11 is 6.23. The number of halogens is 1. The van der Waals surface area contributed by atoms with Crippen molar-refractivity contribution in [3.8, 4) is 23.0 Å². The predicted molar refractivity (Wildman–Crippen MR) is 103 cm³/mol. The second-order valence-corrected chi connectivity index (χ2v) is 7.20. The Morgan fingerprint density at radius 2 is 1.64 bits per heavy atom. The number of ether oxygens (including phenoxy) is 3. The number of fused-ring (bicyclic) bond motifs is 3. The molecule has 0 amide bonds. The van der Waals surface area contributed by atoms with Gasteiger partial charge in [-0.1, -0.05) is 11.6 Å². The summed E-state index contributed by atoms with van der Waals surface area (Å²) in [6, 6.07) is 9.51. The first-order valence-corrected chi connectivity index (χ1v) is 9.19. The van der Waals surface area contributed by atoms with Crippen molar-refractivity contribution in [1.29, 1.82) is 0 Å². The number of aromatic nitrogens is 2. The highest BCUT2D eigenvalue weighted by Gasteiger charge is 2.24. The fraction of sp³-hybridized carbons (Fsp3) is 0.200. The molecule has 3 aromatic rings. The molecule has 2 N–H and O–H groups in total. The molecule has 0 saturated heterocycles. The van der Waals surface area contributed by atoms with Crippen LogP contribution in [0.5, 0.6) is 23.0 Å². The van der Waals surface area contributed by atoms with Crippen LogP contribution >= 0.6 is 11.6 Å². The molecule has 8 heteroatoms. The normalized spacial score (nSPS) is 15.2. The fourth-order valence-electron chi connectivity index (χ4n) is 3.43. The Balaban J connectivity index is 1.55. The topological polar surface area (TPSA) is 82.7 Å². The van der Waals surface area contributed by atoms with E-state index < -0.39 is 0 Å². The van der Waals surface area contributed by atoms with Gasteiger partial charge in [-0.05, 0) is 24.3 Å². The minimum atomic E-state index is 0.219. The zero-order valence-electron chi connectivity index (χ0n) is 14.9. The van der Waals surface area contributed by atoms with Crippen LogP contribution in [0.2, 0.25) is 5.02 Å². The highest BCUT2D eigenvalue weighted by Crippen LogP contribution is 2.42. The van der Waals surface area contributed by atoms with Crippen molar-refractivity contribution in [1.82, 2.24) is 14.9 Å². The summed E-state index contributed by atoms with van der Waals surface area (Å²) in [5.41, 5.74) is 8.60. The van der Waals surface area contributed by atoms with Crippen molar-refractivity contribution >= 4 is 17.5 Å². The molecule has 2 aliphatic rings. The van der Waals surface area contributed by atoms with E-state index in [1.807, 2.05) is 30.3 Å². The van der Waals surface area contributed by atoms with Crippen molar-refractivity contribution in [2.45, 2.75) is 19.6 Å². The van der Waals surface area contributed by atoms with Gasteiger partial charge < -0.3 is 19.9 Å². The van der Waals surface area contributed by atoms with Gasteiger partial charge in [-0.15, -0.1) is 0 Å². The van der Waals surface area contributed by atoms with E-state index in [2.05, 4.69) is 14.9 Å². The molecule has 1 aromatic heterocycles. The lowest BCUT2D eigenvalue weighted by Gasteiger charge is -2.28. The monoisotopic (exact) mass is 396 g/mol. The Morgan fingerprint density at radius 3 is 2.43 bits per heavy atom. The minimum absolute atomic E-state index is 0.219. The molecule has 3 heterocycles. The molecule has 7 nitrogen and oxygen atoms in total. The van der Waals surface area contributed by atoms with Gasteiger partial charge in [0.2, 0.25) is 12.7 Å². The maximum atomic E-state index is 6.23. The Kier molecular flexibility index (Phi) is 4.18. The molecule has 2 aromatic carbocycles. The summed E-state index contributed by atoms with van der Waals surface area (Å²) in [5, 5.41) is 0.671.